The third kappa shape index (κ3) is 7.01. The third-order valence-electron chi connectivity index (χ3n) is 7.40. The number of hydrogen-bond donors (Lipinski definition) is 2. The van der Waals surface area contributed by atoms with Crippen LogP contribution in [0, 0.1) is 11.8 Å². The van der Waals surface area contributed by atoms with Crippen molar-refractivity contribution in [1.82, 2.24) is 25.3 Å². The molecule has 4 rings (SSSR count). The maximum Gasteiger partial charge on any atom is 0.220 e. The van der Waals surface area contributed by atoms with Crippen molar-refractivity contribution in [3.05, 3.63) is 35.9 Å². The van der Waals surface area contributed by atoms with Crippen molar-refractivity contribution in [2.75, 3.05) is 66.0 Å². The van der Waals surface area contributed by atoms with Crippen LogP contribution in [0.5, 0.6) is 0 Å². The number of hydrogen-bond acceptors (Lipinski definition) is 5. The Morgan fingerprint density at radius 1 is 1.10 bits per heavy atom. The number of carbonyl (C=O) groups is 1. The van der Waals surface area contributed by atoms with Crippen LogP contribution in [0.4, 0.5) is 0 Å². The molecule has 2 bridgehead atoms. The summed E-state index contributed by atoms with van der Waals surface area (Å²) in [7, 11) is 2.18. The first-order valence-electron chi connectivity index (χ1n) is 12.3. The van der Waals surface area contributed by atoms with Crippen LogP contribution in [-0.4, -0.2) is 92.6 Å². The number of rotatable bonds is 9. The van der Waals surface area contributed by atoms with Gasteiger partial charge in [-0.25, -0.2) is 0 Å². The van der Waals surface area contributed by atoms with Crippen molar-refractivity contribution in [2.24, 2.45) is 11.8 Å². The van der Waals surface area contributed by atoms with Gasteiger partial charge >= 0.3 is 0 Å². The highest BCUT2D eigenvalue weighted by molar-refractivity contribution is 5.75. The van der Waals surface area contributed by atoms with Crippen LogP contribution in [-0.2, 0) is 11.3 Å². The third-order valence-corrected chi connectivity index (χ3v) is 7.40. The van der Waals surface area contributed by atoms with E-state index >= 15 is 0 Å². The average Bonchev–Trinajstić information content (AvgIpc) is 2.77. The van der Waals surface area contributed by atoms with Crippen molar-refractivity contribution in [1.29, 1.82) is 0 Å². The van der Waals surface area contributed by atoms with Gasteiger partial charge in [0.25, 0.3) is 0 Å². The monoisotopic (exact) mass is 427 g/mol. The minimum absolute atomic E-state index is 0.220. The van der Waals surface area contributed by atoms with E-state index in [0.29, 0.717) is 12.5 Å². The lowest BCUT2D eigenvalue weighted by Gasteiger charge is -2.46. The van der Waals surface area contributed by atoms with Crippen LogP contribution in [0.25, 0.3) is 0 Å². The van der Waals surface area contributed by atoms with Crippen LogP contribution in [0.15, 0.2) is 30.3 Å². The smallest absolute Gasteiger partial charge is 0.220 e. The van der Waals surface area contributed by atoms with E-state index in [1.807, 2.05) is 0 Å². The first-order chi connectivity index (χ1) is 15.2. The second-order valence-electron chi connectivity index (χ2n) is 9.94. The Hall–Kier alpha value is -1.47. The van der Waals surface area contributed by atoms with Gasteiger partial charge in [-0.1, -0.05) is 30.3 Å². The van der Waals surface area contributed by atoms with Crippen LogP contribution in [0.1, 0.15) is 31.2 Å². The van der Waals surface area contributed by atoms with Crippen molar-refractivity contribution in [2.45, 2.75) is 38.3 Å². The predicted molar refractivity (Wildman–Crippen MR) is 126 cm³/mol. The van der Waals surface area contributed by atoms with Gasteiger partial charge in [0.15, 0.2) is 0 Å². The van der Waals surface area contributed by atoms with Gasteiger partial charge in [0.2, 0.25) is 5.91 Å². The highest BCUT2D eigenvalue weighted by Crippen LogP contribution is 2.31. The minimum Gasteiger partial charge on any atom is -0.355 e. The number of fused-ring (bicyclic) bond motifs is 2. The van der Waals surface area contributed by atoms with E-state index in [4.69, 9.17) is 0 Å². The van der Waals surface area contributed by atoms with Crippen molar-refractivity contribution >= 4 is 5.91 Å². The molecule has 6 heteroatoms. The lowest BCUT2D eigenvalue weighted by molar-refractivity contribution is -0.121. The Kier molecular flexibility index (Phi) is 8.36. The molecule has 1 amide bonds. The summed E-state index contributed by atoms with van der Waals surface area (Å²) in [5.41, 5.74) is 1.42. The normalized spacial score (nSPS) is 27.8. The maximum atomic E-state index is 12.3. The molecule has 2 unspecified atom stereocenters. The van der Waals surface area contributed by atoms with Crippen LogP contribution < -0.4 is 10.6 Å². The Balaban J connectivity index is 1.12. The fourth-order valence-corrected chi connectivity index (χ4v) is 5.58. The van der Waals surface area contributed by atoms with Gasteiger partial charge in [-0.15, -0.1) is 0 Å². The molecule has 3 heterocycles. The second kappa shape index (κ2) is 11.4. The molecule has 1 aromatic carbocycles. The zero-order valence-corrected chi connectivity index (χ0v) is 19.3. The van der Waals surface area contributed by atoms with Crippen LogP contribution >= 0.6 is 0 Å². The summed E-state index contributed by atoms with van der Waals surface area (Å²) in [6, 6.07) is 11.4. The molecule has 0 aliphatic carbocycles. The summed E-state index contributed by atoms with van der Waals surface area (Å²) in [6.45, 7) is 10.8. The van der Waals surface area contributed by atoms with Crippen LogP contribution in [0.3, 0.4) is 0 Å². The molecule has 172 valence electrons. The second-order valence-corrected chi connectivity index (χ2v) is 9.94. The summed E-state index contributed by atoms with van der Waals surface area (Å²) in [4.78, 5) is 19.7. The number of piperazine rings is 1. The summed E-state index contributed by atoms with van der Waals surface area (Å²) in [5.74, 6) is 1.71. The molecular weight excluding hydrogens is 386 g/mol. The lowest BCUT2D eigenvalue weighted by atomic mass is 9.79. The van der Waals surface area contributed by atoms with Gasteiger partial charge in [-0.3, -0.25) is 14.6 Å². The maximum absolute atomic E-state index is 12.3. The van der Waals surface area contributed by atoms with E-state index in [1.54, 1.807) is 0 Å². The summed E-state index contributed by atoms with van der Waals surface area (Å²) >= 11 is 0. The number of likely N-dealkylation sites (N-methyl/N-ethyl adjacent to an activating group) is 1. The zero-order chi connectivity index (χ0) is 21.5. The van der Waals surface area contributed by atoms with Gasteiger partial charge in [0.05, 0.1) is 0 Å². The molecule has 0 aromatic heterocycles. The molecule has 3 atom stereocenters. The Morgan fingerprint density at radius 2 is 1.90 bits per heavy atom. The van der Waals surface area contributed by atoms with E-state index in [2.05, 4.69) is 62.7 Å². The number of amides is 1. The highest BCUT2D eigenvalue weighted by atomic mass is 16.1. The molecule has 1 aromatic rings. The largest absolute Gasteiger partial charge is 0.355 e. The van der Waals surface area contributed by atoms with Gasteiger partial charge in [0.1, 0.15) is 0 Å². The van der Waals surface area contributed by atoms with E-state index in [-0.39, 0.29) is 5.91 Å². The molecule has 3 aliphatic rings. The summed E-state index contributed by atoms with van der Waals surface area (Å²) < 4.78 is 0. The molecule has 0 spiro atoms. The number of nitrogens with zero attached hydrogens (tertiary/aromatic N) is 3. The Labute approximate surface area is 188 Å². The first kappa shape index (κ1) is 22.7. The molecule has 6 nitrogen and oxygen atoms in total. The number of likely N-dealkylation sites (tertiary alicyclic amines) is 1. The predicted octanol–water partition coefficient (Wildman–Crippen LogP) is 1.63. The summed E-state index contributed by atoms with van der Waals surface area (Å²) in [5, 5.41) is 6.93. The standard InChI is InChI=1S/C25H41N5O/c1-28-12-14-29(15-13-28)11-10-26-25(31)9-5-8-24-23-16-22(17-27-24)19-30(20-23)18-21-6-3-2-4-7-21/h2-4,6-7,22-24,27H,5,8-20H2,1H3,(H,26,31)/t22?,23?,24-/m1/s1. The van der Waals surface area contributed by atoms with Gasteiger partial charge in [-0.2, -0.15) is 0 Å². The quantitative estimate of drug-likeness (QED) is 0.627. The van der Waals surface area contributed by atoms with E-state index in [0.717, 1.165) is 77.0 Å². The van der Waals surface area contributed by atoms with Crippen molar-refractivity contribution < 1.29 is 4.79 Å². The SMILES string of the molecule is CN1CCN(CCNC(=O)CCC[C@H]2NCC3CC2CN(Cc2ccccc2)C3)CC1. The van der Waals surface area contributed by atoms with Crippen molar-refractivity contribution in [3.8, 4) is 0 Å². The van der Waals surface area contributed by atoms with Crippen LogP contribution in [0.2, 0.25) is 0 Å². The highest BCUT2D eigenvalue weighted by Gasteiger charge is 2.36. The van der Waals surface area contributed by atoms with Crippen molar-refractivity contribution in [3.63, 3.8) is 0 Å². The molecule has 0 radical (unpaired) electrons. The fraction of sp³-hybridized carbons (Fsp3) is 0.720. The minimum atomic E-state index is 0.220. The number of benzene rings is 1. The Bertz CT molecular complexity index is 676. The number of nitrogens with one attached hydrogen (secondary N) is 2. The van der Waals surface area contributed by atoms with E-state index in [1.165, 1.54) is 25.1 Å². The first-order valence-corrected chi connectivity index (χ1v) is 12.3. The molecule has 3 aliphatic heterocycles. The fourth-order valence-electron chi connectivity index (χ4n) is 5.58. The number of piperidine rings is 2. The lowest BCUT2D eigenvalue weighted by Crippen LogP contribution is -2.55. The molecular formula is C25H41N5O. The van der Waals surface area contributed by atoms with Gasteiger partial charge < -0.3 is 15.5 Å². The molecule has 3 saturated heterocycles. The molecule has 0 saturated carbocycles. The van der Waals surface area contributed by atoms with E-state index in [9.17, 15) is 4.79 Å². The Morgan fingerprint density at radius 3 is 2.71 bits per heavy atom. The van der Waals surface area contributed by atoms with Gasteiger partial charge in [-0.05, 0) is 50.3 Å². The van der Waals surface area contributed by atoms with E-state index < -0.39 is 0 Å². The van der Waals surface area contributed by atoms with Gasteiger partial charge in [0, 0.05) is 71.4 Å². The number of carbonyl (C=O) groups excluding carboxylic acids is 1. The topological polar surface area (TPSA) is 50.9 Å². The molecule has 31 heavy (non-hydrogen) atoms. The molecule has 3 fully saturated rings. The average molecular weight is 428 g/mol. The summed E-state index contributed by atoms with van der Waals surface area (Å²) in [6.07, 6.45) is 4.10. The molecule has 2 N–H and O–H groups in total. The zero-order valence-electron chi connectivity index (χ0n) is 19.3.